The van der Waals surface area contributed by atoms with Gasteiger partial charge in [0.25, 0.3) is 0 Å². The van der Waals surface area contributed by atoms with Crippen LogP contribution in [0, 0.1) is 5.92 Å². The highest BCUT2D eigenvalue weighted by molar-refractivity contribution is 6.62. The van der Waals surface area contributed by atoms with Crippen LogP contribution >= 0.6 is 0 Å². The normalized spacial score (nSPS) is 20.6. The summed E-state index contributed by atoms with van der Waals surface area (Å²) < 4.78 is 17.5. The second-order valence-corrected chi connectivity index (χ2v) is 12.7. The molecule has 2 saturated heterocycles. The van der Waals surface area contributed by atoms with Crippen molar-refractivity contribution in [2.45, 2.75) is 77.7 Å². The van der Waals surface area contributed by atoms with Gasteiger partial charge in [0, 0.05) is 24.9 Å². The van der Waals surface area contributed by atoms with Crippen LogP contribution < -0.4 is 5.46 Å². The summed E-state index contributed by atoms with van der Waals surface area (Å²) in [5.41, 5.74) is 3.24. The van der Waals surface area contributed by atoms with Crippen LogP contribution in [-0.4, -0.2) is 70.9 Å². The number of fused-ring (bicyclic) bond motifs is 1. The monoisotopic (exact) mass is 558 g/mol. The SMILES string of the molecule is C=C([C@H](C(C)C)N(C)C(=O)OC)N1CCC[C@H]1c1ncc(-c2ccc3cc(B4OC(C)(C)C(C)(C)O4)ccc3c2)[nH]1. The second-order valence-electron chi connectivity index (χ2n) is 12.7. The Kier molecular flexibility index (Phi) is 7.72. The number of rotatable bonds is 7. The fourth-order valence-corrected chi connectivity index (χ4v) is 6.09. The molecule has 1 aromatic heterocycles. The largest absolute Gasteiger partial charge is 0.494 e. The van der Waals surface area contributed by atoms with E-state index in [9.17, 15) is 4.79 Å². The summed E-state index contributed by atoms with van der Waals surface area (Å²) in [6, 6.07) is 12.7. The predicted molar refractivity (Wildman–Crippen MR) is 164 cm³/mol. The van der Waals surface area contributed by atoms with Crippen molar-refractivity contribution in [1.82, 2.24) is 19.8 Å². The first-order chi connectivity index (χ1) is 19.3. The average Bonchev–Trinajstić information content (AvgIpc) is 3.65. The lowest BCUT2D eigenvalue weighted by Gasteiger charge is -2.38. The van der Waals surface area contributed by atoms with Crippen LogP contribution in [0.25, 0.3) is 22.0 Å². The molecular formula is C32H43BN4O4. The lowest BCUT2D eigenvalue weighted by Crippen LogP contribution is -2.45. The van der Waals surface area contributed by atoms with Crippen molar-refractivity contribution >= 4 is 29.4 Å². The molecule has 9 heteroatoms. The molecule has 3 aromatic rings. The number of H-pyrrole nitrogens is 1. The number of likely N-dealkylation sites (tertiary alicyclic amines) is 1. The Morgan fingerprint density at radius 3 is 2.46 bits per heavy atom. The first-order valence-electron chi connectivity index (χ1n) is 14.5. The van der Waals surface area contributed by atoms with Gasteiger partial charge >= 0.3 is 13.2 Å². The first-order valence-corrected chi connectivity index (χ1v) is 14.5. The number of ether oxygens (including phenoxy) is 1. The summed E-state index contributed by atoms with van der Waals surface area (Å²) in [4.78, 5) is 24.7. The Bertz CT molecular complexity index is 1430. The molecule has 2 aliphatic heterocycles. The van der Waals surface area contributed by atoms with Gasteiger partial charge in [0.15, 0.2) is 0 Å². The highest BCUT2D eigenvalue weighted by atomic mass is 16.7. The zero-order valence-electron chi connectivity index (χ0n) is 25.7. The molecule has 2 atom stereocenters. The summed E-state index contributed by atoms with van der Waals surface area (Å²) in [6.45, 7) is 17.8. The predicted octanol–water partition coefficient (Wildman–Crippen LogP) is 5.90. The van der Waals surface area contributed by atoms with Crippen molar-refractivity contribution in [3.8, 4) is 11.3 Å². The van der Waals surface area contributed by atoms with Crippen molar-refractivity contribution in [3.05, 3.63) is 60.7 Å². The molecule has 1 N–H and O–H groups in total. The van der Waals surface area contributed by atoms with E-state index in [1.165, 1.54) is 7.11 Å². The number of hydrogen-bond donors (Lipinski definition) is 1. The van der Waals surface area contributed by atoms with Gasteiger partial charge in [-0.1, -0.05) is 50.8 Å². The highest BCUT2D eigenvalue weighted by Crippen LogP contribution is 2.38. The lowest BCUT2D eigenvalue weighted by molar-refractivity contribution is 0.00578. The van der Waals surface area contributed by atoms with E-state index in [0.717, 1.165) is 58.4 Å². The van der Waals surface area contributed by atoms with E-state index in [4.69, 9.17) is 19.0 Å². The fraction of sp³-hybridized carbons (Fsp3) is 0.500. The van der Waals surface area contributed by atoms with Crippen molar-refractivity contribution in [2.75, 3.05) is 20.7 Å². The van der Waals surface area contributed by atoms with Crippen molar-refractivity contribution in [3.63, 3.8) is 0 Å². The summed E-state index contributed by atoms with van der Waals surface area (Å²) in [5.74, 6) is 1.10. The number of aromatic nitrogens is 2. The molecule has 0 unspecified atom stereocenters. The van der Waals surface area contributed by atoms with Gasteiger partial charge in [0.1, 0.15) is 5.82 Å². The van der Waals surface area contributed by atoms with Gasteiger partial charge in [-0.25, -0.2) is 9.78 Å². The molecule has 3 heterocycles. The van der Waals surface area contributed by atoms with Crippen molar-refractivity contribution in [2.24, 2.45) is 5.92 Å². The molecule has 0 radical (unpaired) electrons. The quantitative estimate of drug-likeness (QED) is 0.364. The van der Waals surface area contributed by atoms with Crippen molar-refractivity contribution < 1.29 is 18.8 Å². The maximum atomic E-state index is 12.3. The number of aromatic amines is 1. The van der Waals surface area contributed by atoms with Gasteiger partial charge in [-0.15, -0.1) is 0 Å². The molecule has 41 heavy (non-hydrogen) atoms. The Labute approximate surface area is 244 Å². The number of benzene rings is 2. The van der Waals surface area contributed by atoms with Crippen LogP contribution in [0.3, 0.4) is 0 Å². The number of nitrogens with zero attached hydrogens (tertiary/aromatic N) is 3. The number of nitrogens with one attached hydrogen (secondary N) is 1. The molecule has 0 aliphatic carbocycles. The summed E-state index contributed by atoms with van der Waals surface area (Å²) in [6.07, 6.45) is 3.56. The van der Waals surface area contributed by atoms with Crippen LogP contribution in [0.1, 0.15) is 66.3 Å². The maximum absolute atomic E-state index is 12.3. The minimum absolute atomic E-state index is 0.0754. The summed E-state index contributed by atoms with van der Waals surface area (Å²) in [5, 5.41) is 2.27. The van der Waals surface area contributed by atoms with E-state index in [-0.39, 0.29) is 42.4 Å². The van der Waals surface area contributed by atoms with E-state index < -0.39 is 0 Å². The van der Waals surface area contributed by atoms with Crippen molar-refractivity contribution in [1.29, 1.82) is 0 Å². The number of carbonyl (C=O) groups excluding carboxylic acids is 1. The van der Waals surface area contributed by atoms with Gasteiger partial charge in [-0.3, -0.25) is 0 Å². The van der Waals surface area contributed by atoms with Crippen LogP contribution in [-0.2, 0) is 14.0 Å². The minimum Gasteiger partial charge on any atom is -0.453 e. The van der Waals surface area contributed by atoms with Crippen LogP contribution in [0.5, 0.6) is 0 Å². The van der Waals surface area contributed by atoms with E-state index >= 15 is 0 Å². The Balaban J connectivity index is 1.35. The Hall–Kier alpha value is -3.30. The zero-order valence-corrected chi connectivity index (χ0v) is 25.7. The third kappa shape index (κ3) is 5.37. The number of imidazole rings is 1. The topological polar surface area (TPSA) is 79.9 Å². The highest BCUT2D eigenvalue weighted by Gasteiger charge is 2.51. The zero-order chi connectivity index (χ0) is 29.7. The van der Waals surface area contributed by atoms with Crippen LogP contribution in [0.2, 0.25) is 0 Å². The maximum Gasteiger partial charge on any atom is 0.494 e. The molecule has 218 valence electrons. The number of hydrogen-bond acceptors (Lipinski definition) is 6. The third-order valence-corrected chi connectivity index (χ3v) is 9.09. The number of amides is 1. The average molecular weight is 559 g/mol. The summed E-state index contributed by atoms with van der Waals surface area (Å²) in [7, 11) is 2.80. The van der Waals surface area contributed by atoms with Crippen LogP contribution in [0.15, 0.2) is 54.9 Å². The second kappa shape index (κ2) is 10.8. The lowest BCUT2D eigenvalue weighted by atomic mass is 9.78. The number of carbonyl (C=O) groups is 1. The molecule has 0 spiro atoms. The van der Waals surface area contributed by atoms with E-state index in [0.29, 0.717) is 0 Å². The molecule has 2 aliphatic rings. The minimum atomic E-state index is -0.383. The van der Waals surface area contributed by atoms with E-state index in [1.54, 1.807) is 11.9 Å². The fourth-order valence-electron chi connectivity index (χ4n) is 6.09. The standard InChI is InChI=1S/C32H43BN4O4/c1-20(2)28(36(8)30(38)39-9)21(3)37-16-10-11-27(37)29-34-19-26(35-29)24-13-12-23-18-25(15-14-22(23)17-24)33-40-31(4,5)32(6,7)41-33/h12-15,17-20,27-28H,3,10-11,16H2,1-2,4-9H3,(H,34,35)/t27-,28-/m0/s1. The molecular weight excluding hydrogens is 515 g/mol. The molecule has 8 nitrogen and oxygen atoms in total. The molecule has 5 rings (SSSR count). The third-order valence-electron chi connectivity index (χ3n) is 9.09. The van der Waals surface area contributed by atoms with Gasteiger partial charge in [-0.05, 0) is 68.8 Å². The summed E-state index contributed by atoms with van der Waals surface area (Å²) >= 11 is 0. The van der Waals surface area contributed by atoms with E-state index in [1.807, 2.05) is 6.20 Å². The van der Waals surface area contributed by atoms with Gasteiger partial charge < -0.3 is 28.8 Å². The molecule has 2 aromatic carbocycles. The smallest absolute Gasteiger partial charge is 0.453 e. The van der Waals surface area contributed by atoms with Gasteiger partial charge in [-0.2, -0.15) is 0 Å². The van der Waals surface area contributed by atoms with E-state index in [2.05, 4.69) is 94.4 Å². The van der Waals surface area contributed by atoms with Crippen LogP contribution in [0.4, 0.5) is 4.79 Å². The molecule has 0 saturated carbocycles. The molecule has 0 bridgehead atoms. The number of likely N-dealkylation sites (N-methyl/N-ethyl adjacent to an activating group) is 1. The molecule has 2 fully saturated rings. The molecule has 1 amide bonds. The number of methoxy groups -OCH3 is 1. The Morgan fingerprint density at radius 1 is 1.15 bits per heavy atom. The van der Waals surface area contributed by atoms with Gasteiger partial charge in [0.2, 0.25) is 0 Å². The van der Waals surface area contributed by atoms with Gasteiger partial charge in [0.05, 0.1) is 42.3 Å². The first kappa shape index (κ1) is 29.2. The Morgan fingerprint density at radius 2 is 1.80 bits per heavy atom.